The van der Waals surface area contributed by atoms with Gasteiger partial charge in [0.05, 0.1) is 0 Å². The summed E-state index contributed by atoms with van der Waals surface area (Å²) in [6.45, 7) is 4.29. The lowest BCUT2D eigenvalue weighted by Crippen LogP contribution is -2.50. The summed E-state index contributed by atoms with van der Waals surface area (Å²) < 4.78 is 12.9. The lowest BCUT2D eigenvalue weighted by Gasteiger charge is -2.34. The molecule has 28 heavy (non-hydrogen) atoms. The number of hydrogen-bond acceptors (Lipinski definition) is 2. The Morgan fingerprint density at radius 1 is 0.964 bits per heavy atom. The predicted octanol–water partition coefficient (Wildman–Crippen LogP) is 5.07. The molecule has 7 heteroatoms. The molecule has 0 atom stereocenters. The molecule has 1 aliphatic heterocycles. The van der Waals surface area contributed by atoms with Crippen molar-refractivity contribution in [1.29, 1.82) is 0 Å². The molecule has 2 aromatic carbocycles. The van der Waals surface area contributed by atoms with Gasteiger partial charge >= 0.3 is 6.03 Å². The third-order valence-corrected chi connectivity index (χ3v) is 5.11. The van der Waals surface area contributed by atoms with Crippen molar-refractivity contribution in [1.82, 2.24) is 9.80 Å². The Morgan fingerprint density at radius 2 is 1.61 bits per heavy atom. The highest BCUT2D eigenvalue weighted by Crippen LogP contribution is 2.15. The fraction of sp³-hybridized carbons (Fsp3) is 0.381. The van der Waals surface area contributed by atoms with Crippen LogP contribution in [0, 0.1) is 5.82 Å². The van der Waals surface area contributed by atoms with Crippen LogP contribution in [-0.4, -0.2) is 48.6 Å². The van der Waals surface area contributed by atoms with E-state index in [9.17, 15) is 9.18 Å². The van der Waals surface area contributed by atoms with E-state index in [1.165, 1.54) is 17.7 Å². The Balaban J connectivity index is 0.00000280. The molecule has 2 aromatic rings. The minimum Gasteiger partial charge on any atom is -0.322 e. The van der Waals surface area contributed by atoms with Crippen LogP contribution in [0.25, 0.3) is 0 Å². The number of nitrogens with zero attached hydrogens (tertiary/aromatic N) is 2. The maximum absolute atomic E-state index is 12.9. The second-order valence-corrected chi connectivity index (χ2v) is 7.29. The molecule has 0 radical (unpaired) electrons. The third kappa shape index (κ3) is 6.97. The monoisotopic (exact) mass is 425 g/mol. The smallest absolute Gasteiger partial charge is 0.321 e. The first kappa shape index (κ1) is 22.5. The minimum absolute atomic E-state index is 0. The van der Waals surface area contributed by atoms with Crippen molar-refractivity contribution < 1.29 is 9.18 Å². The highest BCUT2D eigenvalue weighted by Gasteiger charge is 2.20. The Labute approximate surface area is 177 Å². The van der Waals surface area contributed by atoms with E-state index >= 15 is 0 Å². The first-order chi connectivity index (χ1) is 13.1. The first-order valence-electron chi connectivity index (χ1n) is 9.38. The molecule has 1 aliphatic rings. The zero-order chi connectivity index (χ0) is 19.1. The second-order valence-electron chi connectivity index (χ2n) is 6.85. The maximum atomic E-state index is 12.9. The molecule has 1 fully saturated rings. The van der Waals surface area contributed by atoms with Crippen LogP contribution in [-0.2, 0) is 6.42 Å². The van der Waals surface area contributed by atoms with Gasteiger partial charge in [-0.15, -0.1) is 12.4 Å². The topological polar surface area (TPSA) is 35.6 Å². The van der Waals surface area contributed by atoms with Crippen molar-refractivity contribution in [2.45, 2.75) is 19.3 Å². The SMILES string of the molecule is Cl.O=C(Nc1ccc(Cl)cc1)N1CCN(CCCCc2ccc(F)cc2)CC1. The maximum Gasteiger partial charge on any atom is 0.321 e. The molecule has 3 rings (SSSR count). The minimum atomic E-state index is -0.184. The van der Waals surface area contributed by atoms with Crippen LogP contribution in [0.1, 0.15) is 18.4 Å². The zero-order valence-electron chi connectivity index (χ0n) is 15.7. The summed E-state index contributed by atoms with van der Waals surface area (Å²) in [5, 5.41) is 3.56. The van der Waals surface area contributed by atoms with Crippen LogP contribution in [0.2, 0.25) is 5.02 Å². The lowest BCUT2D eigenvalue weighted by molar-refractivity contribution is 0.146. The largest absolute Gasteiger partial charge is 0.322 e. The third-order valence-electron chi connectivity index (χ3n) is 4.86. The van der Waals surface area contributed by atoms with E-state index in [0.29, 0.717) is 5.02 Å². The van der Waals surface area contributed by atoms with Gasteiger partial charge < -0.3 is 10.2 Å². The summed E-state index contributed by atoms with van der Waals surface area (Å²) in [5.74, 6) is -0.184. The second kappa shape index (κ2) is 11.2. The number of halogens is 3. The number of aryl methyl sites for hydroxylation is 1. The van der Waals surface area contributed by atoms with Crippen LogP contribution in [0.4, 0.5) is 14.9 Å². The van der Waals surface area contributed by atoms with E-state index in [1.807, 2.05) is 17.0 Å². The van der Waals surface area contributed by atoms with E-state index in [0.717, 1.165) is 57.7 Å². The summed E-state index contributed by atoms with van der Waals surface area (Å²) in [6.07, 6.45) is 3.17. The molecule has 1 heterocycles. The van der Waals surface area contributed by atoms with Gasteiger partial charge in [0, 0.05) is 36.9 Å². The number of benzene rings is 2. The Hall–Kier alpha value is -1.82. The number of hydrogen-bond donors (Lipinski definition) is 1. The number of nitrogens with one attached hydrogen (secondary N) is 1. The molecule has 0 spiro atoms. The standard InChI is InChI=1S/C21H25ClFN3O.ClH/c22-18-6-10-20(11-7-18)24-21(27)26-15-13-25(14-16-26)12-2-1-3-17-4-8-19(23)9-5-17;/h4-11H,1-3,12-16H2,(H,24,27);1H. The van der Waals surface area contributed by atoms with Gasteiger partial charge in [0.15, 0.2) is 0 Å². The van der Waals surface area contributed by atoms with Crippen LogP contribution in [0.15, 0.2) is 48.5 Å². The Kier molecular flexibility index (Phi) is 9.03. The van der Waals surface area contributed by atoms with Crippen molar-refractivity contribution in [2.75, 3.05) is 38.0 Å². The van der Waals surface area contributed by atoms with Gasteiger partial charge in [0.1, 0.15) is 5.82 Å². The fourth-order valence-electron chi connectivity index (χ4n) is 3.23. The molecule has 0 saturated carbocycles. The van der Waals surface area contributed by atoms with Crippen molar-refractivity contribution in [2.24, 2.45) is 0 Å². The summed E-state index contributed by atoms with van der Waals surface area (Å²) in [6, 6.07) is 13.8. The lowest BCUT2D eigenvalue weighted by atomic mass is 10.1. The van der Waals surface area contributed by atoms with E-state index in [2.05, 4.69) is 10.2 Å². The molecule has 152 valence electrons. The number of carbonyl (C=O) groups is 1. The summed E-state index contributed by atoms with van der Waals surface area (Å²) in [7, 11) is 0. The number of unbranched alkanes of at least 4 members (excludes halogenated alkanes) is 1. The van der Waals surface area contributed by atoms with Gasteiger partial charge in [0.25, 0.3) is 0 Å². The van der Waals surface area contributed by atoms with Crippen LogP contribution in [0.5, 0.6) is 0 Å². The van der Waals surface area contributed by atoms with Crippen molar-refractivity contribution >= 4 is 35.7 Å². The van der Waals surface area contributed by atoms with Crippen LogP contribution in [0.3, 0.4) is 0 Å². The molecule has 0 aromatic heterocycles. The highest BCUT2D eigenvalue weighted by atomic mass is 35.5. The Bertz CT molecular complexity index is 732. The van der Waals surface area contributed by atoms with Crippen LogP contribution < -0.4 is 5.32 Å². The zero-order valence-corrected chi connectivity index (χ0v) is 17.3. The van der Waals surface area contributed by atoms with Crippen molar-refractivity contribution in [3.8, 4) is 0 Å². The number of rotatable bonds is 6. The Morgan fingerprint density at radius 3 is 2.25 bits per heavy atom. The molecular weight excluding hydrogens is 400 g/mol. The van der Waals surface area contributed by atoms with Gasteiger partial charge in [-0.3, -0.25) is 4.90 Å². The van der Waals surface area contributed by atoms with E-state index in [-0.39, 0.29) is 24.3 Å². The molecule has 0 unspecified atom stereocenters. The normalized spacial score (nSPS) is 14.4. The van der Waals surface area contributed by atoms with Gasteiger partial charge in [-0.2, -0.15) is 0 Å². The number of piperazine rings is 1. The summed E-state index contributed by atoms with van der Waals surface area (Å²) in [5.41, 5.74) is 1.94. The number of amides is 2. The van der Waals surface area contributed by atoms with Gasteiger partial charge in [-0.05, 0) is 67.8 Å². The van der Waals surface area contributed by atoms with Crippen molar-refractivity contribution in [3.63, 3.8) is 0 Å². The average molecular weight is 426 g/mol. The number of urea groups is 1. The first-order valence-corrected chi connectivity index (χ1v) is 9.76. The molecule has 1 N–H and O–H groups in total. The van der Waals surface area contributed by atoms with E-state index < -0.39 is 0 Å². The predicted molar refractivity (Wildman–Crippen MR) is 115 cm³/mol. The summed E-state index contributed by atoms with van der Waals surface area (Å²) >= 11 is 5.86. The fourth-order valence-corrected chi connectivity index (χ4v) is 3.35. The van der Waals surface area contributed by atoms with Gasteiger partial charge in [0.2, 0.25) is 0 Å². The summed E-state index contributed by atoms with van der Waals surface area (Å²) in [4.78, 5) is 16.6. The van der Waals surface area contributed by atoms with E-state index in [4.69, 9.17) is 11.6 Å². The number of carbonyl (C=O) groups excluding carboxylic acids is 1. The van der Waals surface area contributed by atoms with Crippen LogP contribution >= 0.6 is 24.0 Å². The molecular formula is C21H26Cl2FN3O. The van der Waals surface area contributed by atoms with Gasteiger partial charge in [-0.25, -0.2) is 9.18 Å². The molecule has 0 aliphatic carbocycles. The van der Waals surface area contributed by atoms with E-state index in [1.54, 1.807) is 24.3 Å². The van der Waals surface area contributed by atoms with Crippen molar-refractivity contribution in [3.05, 3.63) is 64.9 Å². The highest BCUT2D eigenvalue weighted by molar-refractivity contribution is 6.30. The molecule has 2 amide bonds. The number of anilines is 1. The van der Waals surface area contributed by atoms with Gasteiger partial charge in [-0.1, -0.05) is 23.7 Å². The molecule has 1 saturated heterocycles. The molecule has 0 bridgehead atoms. The molecule has 4 nitrogen and oxygen atoms in total. The average Bonchev–Trinajstić information content (AvgIpc) is 2.69. The quantitative estimate of drug-likeness (QED) is 0.655.